The fourth-order valence-corrected chi connectivity index (χ4v) is 7.38. The molecule has 0 aromatic heterocycles. The van der Waals surface area contributed by atoms with Crippen LogP contribution in [-0.2, 0) is 33.3 Å². The lowest BCUT2D eigenvalue weighted by Crippen LogP contribution is -2.36. The number of amides is 1. The summed E-state index contributed by atoms with van der Waals surface area (Å²) in [6.07, 6.45) is 48.9. The van der Waals surface area contributed by atoms with Gasteiger partial charge in [0.1, 0.15) is 25.9 Å². The summed E-state index contributed by atoms with van der Waals surface area (Å²) in [6, 6.07) is 0. The van der Waals surface area contributed by atoms with Crippen LogP contribution in [0, 0.1) is 5.92 Å². The van der Waals surface area contributed by atoms with Crippen LogP contribution in [0.4, 0.5) is 4.79 Å². The molecule has 0 saturated carbocycles. The van der Waals surface area contributed by atoms with Gasteiger partial charge in [-0.15, -0.1) is 0 Å². The van der Waals surface area contributed by atoms with Crippen LogP contribution in [-0.4, -0.2) is 81.5 Å². The third-order valence-corrected chi connectivity index (χ3v) is 12.0. The van der Waals surface area contributed by atoms with E-state index in [0.717, 1.165) is 129 Å². The summed E-state index contributed by atoms with van der Waals surface area (Å²) in [5.74, 6) is -1.63. The maximum absolute atomic E-state index is 13.2. The van der Waals surface area contributed by atoms with E-state index in [1.807, 2.05) is 7.05 Å². The van der Waals surface area contributed by atoms with E-state index in [-0.39, 0.29) is 38.2 Å². The molecule has 0 rings (SSSR count). The number of likely N-dealkylation sites (N-methyl/N-ethyl adjacent to an activating group) is 1. The summed E-state index contributed by atoms with van der Waals surface area (Å²) < 4.78 is 22.7. The van der Waals surface area contributed by atoms with E-state index < -0.39 is 24.1 Å². The van der Waals surface area contributed by atoms with Crippen molar-refractivity contribution in [1.82, 2.24) is 10.2 Å². The Hall–Kier alpha value is -3.40. The maximum atomic E-state index is 13.2. The molecular weight excluding hydrogens is 841 g/mol. The maximum Gasteiger partial charge on any atom is 0.407 e. The average molecular weight is 943 g/mol. The number of carbonyl (C=O) groups excluding carboxylic acids is 4. The van der Waals surface area contributed by atoms with Crippen LogP contribution in [0.1, 0.15) is 233 Å². The molecule has 1 atom stereocenters. The molecule has 0 bridgehead atoms. The lowest BCUT2D eigenvalue weighted by Gasteiger charge is -2.20. The van der Waals surface area contributed by atoms with Crippen LogP contribution < -0.4 is 5.32 Å². The first kappa shape index (κ1) is 63.6. The van der Waals surface area contributed by atoms with E-state index in [0.29, 0.717) is 32.4 Å². The Morgan fingerprint density at radius 2 is 0.866 bits per heavy atom. The van der Waals surface area contributed by atoms with Crippen molar-refractivity contribution in [2.45, 2.75) is 239 Å². The zero-order valence-electron chi connectivity index (χ0n) is 43.9. The fraction of sp³-hybridized carbons (Fsp3) is 0.789. The smallest absolute Gasteiger partial charge is 0.407 e. The number of allylic oxidation sites excluding steroid dienone is 8. The number of nitrogens with one attached hydrogen (secondary N) is 1. The predicted octanol–water partition coefficient (Wildman–Crippen LogP) is 15.0. The molecule has 0 aliphatic heterocycles. The number of ether oxygens (including phenoxy) is 4. The predicted molar refractivity (Wildman–Crippen MR) is 279 cm³/mol. The first-order valence-electron chi connectivity index (χ1n) is 27.4. The molecule has 1 unspecified atom stereocenters. The quantitative estimate of drug-likeness (QED) is 0.0275. The lowest BCUT2D eigenvalue weighted by atomic mass is 10.1. The molecule has 1 amide bonds. The Morgan fingerprint density at radius 3 is 1.33 bits per heavy atom. The SMILES string of the molecule is CCCCC/C=C\C/C=C\CCCCCCCC(=O)OCC(COC(=O)CCCCCCC/C=C\C/C=C\CCCCC)COC(=O)CC(CCCCCCCC)OC(=O)NCCN(C)CC. The van der Waals surface area contributed by atoms with Gasteiger partial charge in [-0.3, -0.25) is 14.4 Å². The molecule has 388 valence electrons. The molecule has 67 heavy (non-hydrogen) atoms. The minimum atomic E-state index is -0.621. The van der Waals surface area contributed by atoms with E-state index in [1.54, 1.807) is 0 Å². The molecule has 0 aromatic rings. The molecule has 1 N–H and O–H groups in total. The monoisotopic (exact) mass is 943 g/mol. The molecule has 10 heteroatoms. The molecule has 0 fully saturated rings. The number of rotatable bonds is 48. The normalized spacial score (nSPS) is 12.3. The second kappa shape index (κ2) is 50.5. The summed E-state index contributed by atoms with van der Waals surface area (Å²) in [7, 11) is 1.98. The number of alkyl carbamates (subject to hydrolysis) is 1. The van der Waals surface area contributed by atoms with Crippen LogP contribution in [0.15, 0.2) is 48.6 Å². The zero-order valence-corrected chi connectivity index (χ0v) is 43.9. The molecular formula is C57H102N2O8. The summed E-state index contributed by atoms with van der Waals surface area (Å²) in [5, 5.41) is 2.80. The average Bonchev–Trinajstić information content (AvgIpc) is 3.32. The minimum absolute atomic E-state index is 0.0182. The van der Waals surface area contributed by atoms with Gasteiger partial charge in [-0.1, -0.05) is 173 Å². The summed E-state index contributed by atoms with van der Waals surface area (Å²) in [5.41, 5.74) is 0. The van der Waals surface area contributed by atoms with Gasteiger partial charge in [0.05, 0.1) is 12.3 Å². The molecule has 10 nitrogen and oxygen atoms in total. The highest BCUT2D eigenvalue weighted by molar-refractivity contribution is 5.72. The van der Waals surface area contributed by atoms with Gasteiger partial charge in [-0.05, 0) is 103 Å². The summed E-state index contributed by atoms with van der Waals surface area (Å²) in [4.78, 5) is 53.5. The van der Waals surface area contributed by atoms with Crippen molar-refractivity contribution in [3.05, 3.63) is 48.6 Å². The van der Waals surface area contributed by atoms with Crippen LogP contribution in [0.5, 0.6) is 0 Å². The first-order valence-corrected chi connectivity index (χ1v) is 27.4. The van der Waals surface area contributed by atoms with E-state index in [2.05, 4.69) is 86.5 Å². The molecule has 0 saturated heterocycles. The van der Waals surface area contributed by atoms with Crippen LogP contribution in [0.2, 0.25) is 0 Å². The van der Waals surface area contributed by atoms with Crippen LogP contribution in [0.3, 0.4) is 0 Å². The Balaban J connectivity index is 4.98. The fourth-order valence-electron chi connectivity index (χ4n) is 7.38. The zero-order chi connectivity index (χ0) is 49.1. The van der Waals surface area contributed by atoms with Crippen molar-refractivity contribution in [3.8, 4) is 0 Å². The largest absolute Gasteiger partial charge is 0.465 e. The molecule has 0 aliphatic rings. The molecule has 0 aromatic carbocycles. The van der Waals surface area contributed by atoms with Gasteiger partial charge in [-0.25, -0.2) is 4.79 Å². The second-order valence-electron chi connectivity index (χ2n) is 18.5. The number of unbranched alkanes of at least 4 members (excludes halogenated alkanes) is 21. The minimum Gasteiger partial charge on any atom is -0.465 e. The highest BCUT2D eigenvalue weighted by Crippen LogP contribution is 2.16. The number of carbonyl (C=O) groups is 4. The van der Waals surface area contributed by atoms with Gasteiger partial charge >= 0.3 is 24.0 Å². The molecule has 0 aliphatic carbocycles. The highest BCUT2D eigenvalue weighted by Gasteiger charge is 2.22. The van der Waals surface area contributed by atoms with Crippen molar-refractivity contribution in [3.63, 3.8) is 0 Å². The Bertz CT molecular complexity index is 1220. The third kappa shape index (κ3) is 47.5. The number of nitrogens with zero attached hydrogens (tertiary/aromatic N) is 1. The Morgan fingerprint density at radius 1 is 0.478 bits per heavy atom. The van der Waals surface area contributed by atoms with Crippen molar-refractivity contribution >= 4 is 24.0 Å². The highest BCUT2D eigenvalue weighted by atomic mass is 16.6. The number of esters is 3. The molecule has 0 spiro atoms. The lowest BCUT2D eigenvalue weighted by molar-refractivity contribution is -0.154. The van der Waals surface area contributed by atoms with E-state index >= 15 is 0 Å². The van der Waals surface area contributed by atoms with E-state index in [9.17, 15) is 19.2 Å². The second-order valence-corrected chi connectivity index (χ2v) is 18.5. The van der Waals surface area contributed by atoms with Gasteiger partial charge in [0.15, 0.2) is 0 Å². The third-order valence-electron chi connectivity index (χ3n) is 12.0. The van der Waals surface area contributed by atoms with Crippen molar-refractivity contribution in [1.29, 1.82) is 0 Å². The Labute approximate surface area is 411 Å². The molecule has 0 heterocycles. The van der Waals surface area contributed by atoms with Gasteiger partial charge in [0, 0.05) is 25.9 Å². The van der Waals surface area contributed by atoms with Gasteiger partial charge < -0.3 is 29.2 Å². The first-order chi connectivity index (χ1) is 32.7. The topological polar surface area (TPSA) is 120 Å². The van der Waals surface area contributed by atoms with Gasteiger partial charge in [-0.2, -0.15) is 0 Å². The van der Waals surface area contributed by atoms with E-state index in [4.69, 9.17) is 18.9 Å². The van der Waals surface area contributed by atoms with Crippen molar-refractivity contribution < 1.29 is 38.1 Å². The Kier molecular flexibility index (Phi) is 47.9. The van der Waals surface area contributed by atoms with Crippen LogP contribution in [0.25, 0.3) is 0 Å². The number of hydrogen-bond acceptors (Lipinski definition) is 9. The number of hydrogen-bond donors (Lipinski definition) is 1. The van der Waals surface area contributed by atoms with E-state index in [1.165, 1.54) is 57.8 Å². The summed E-state index contributed by atoms with van der Waals surface area (Å²) >= 11 is 0. The van der Waals surface area contributed by atoms with Crippen molar-refractivity contribution in [2.24, 2.45) is 5.92 Å². The van der Waals surface area contributed by atoms with Crippen LogP contribution >= 0.6 is 0 Å². The van der Waals surface area contributed by atoms with Gasteiger partial charge in [0.2, 0.25) is 0 Å². The van der Waals surface area contributed by atoms with Crippen molar-refractivity contribution in [2.75, 3.05) is 46.5 Å². The van der Waals surface area contributed by atoms with Gasteiger partial charge in [0.25, 0.3) is 0 Å². The molecule has 0 radical (unpaired) electrons. The standard InChI is InChI=1S/C57H102N2O8/c1-6-10-13-16-19-21-23-25-27-29-31-33-35-38-41-44-54(60)64-49-52(50-65-55(61)45-42-39-36-34-32-30-28-26-24-22-20-17-14-11-7-2)51-66-56(62)48-53(43-40-37-18-15-12-8-3)67-57(63)58-46-47-59(5)9-4/h19-22,25-28,52-53H,6-18,23-24,29-51H2,1-5H3,(H,58,63)/b21-19-,22-20-,27-25-,28-26-. The summed E-state index contributed by atoms with van der Waals surface area (Å²) in [6.45, 7) is 10.6.